The van der Waals surface area contributed by atoms with E-state index in [0.717, 1.165) is 36.8 Å². The lowest BCUT2D eigenvalue weighted by Gasteiger charge is -2.32. The molecule has 1 N–H and O–H groups in total. The molecule has 3 heteroatoms. The molecule has 2 rings (SSSR count). The minimum absolute atomic E-state index is 0.655. The number of allylic oxidation sites excluding steroid dienone is 7. The fourth-order valence-corrected chi connectivity index (χ4v) is 3.34. The van der Waals surface area contributed by atoms with Gasteiger partial charge in [-0.05, 0) is 70.3 Å². The van der Waals surface area contributed by atoms with Crippen LogP contribution in [0.3, 0.4) is 0 Å². The summed E-state index contributed by atoms with van der Waals surface area (Å²) in [6.45, 7) is 21.1. The molecule has 0 radical (unpaired) electrons. The van der Waals surface area contributed by atoms with Crippen molar-refractivity contribution in [3.8, 4) is 0 Å². The number of piperidine rings is 1. The Kier molecular flexibility index (Phi) is 15.6. The molecule has 3 nitrogen and oxygen atoms in total. The van der Waals surface area contributed by atoms with Crippen LogP contribution >= 0.6 is 0 Å². The molecule has 0 amide bonds. The molecule has 0 spiro atoms. The van der Waals surface area contributed by atoms with E-state index in [0.29, 0.717) is 5.92 Å². The summed E-state index contributed by atoms with van der Waals surface area (Å²) in [5, 5.41) is 0. The average Bonchev–Trinajstić information content (AvgIpc) is 3.16. The van der Waals surface area contributed by atoms with Gasteiger partial charge < -0.3 is 4.98 Å². The minimum atomic E-state index is 0.655. The van der Waals surface area contributed by atoms with Gasteiger partial charge in [-0.2, -0.15) is 0 Å². The monoisotopic (exact) mass is 397 g/mol. The number of hydrogen-bond donors (Lipinski definition) is 1. The fourth-order valence-electron chi connectivity index (χ4n) is 3.34. The molecule has 0 aliphatic carbocycles. The minimum Gasteiger partial charge on any atom is -0.341 e. The molecule has 1 aromatic rings. The van der Waals surface area contributed by atoms with Crippen LogP contribution in [0.25, 0.3) is 12.2 Å². The number of H-pyrrole nitrogens is 1. The highest BCUT2D eigenvalue weighted by atomic mass is 15.2. The van der Waals surface area contributed by atoms with Gasteiger partial charge in [-0.25, -0.2) is 4.98 Å². The Hall–Kier alpha value is -2.13. The Morgan fingerprint density at radius 2 is 1.72 bits per heavy atom. The first-order valence-electron chi connectivity index (χ1n) is 11.2. The van der Waals surface area contributed by atoms with E-state index >= 15 is 0 Å². The standard InChI is InChI=1S/C22H31N3.2C2H6/c1-5-9-12-18(10-6-2)19-13-15-25(16-14-19)17-22-23-20(8-4)21(24-22)11-7-3;2*1-2/h5-12,19H,4,13-17H2,1-3H3,(H,23,24);2*1-2H3/b9-5-,10-6-,11-7-,18-12+;;. The van der Waals surface area contributed by atoms with Crippen LogP contribution in [0.4, 0.5) is 0 Å². The summed E-state index contributed by atoms with van der Waals surface area (Å²) < 4.78 is 0. The van der Waals surface area contributed by atoms with Gasteiger partial charge in [0.1, 0.15) is 5.82 Å². The van der Waals surface area contributed by atoms with Crippen molar-refractivity contribution in [1.82, 2.24) is 14.9 Å². The summed E-state index contributed by atoms with van der Waals surface area (Å²) in [6, 6.07) is 0. The van der Waals surface area contributed by atoms with Crippen molar-refractivity contribution < 1.29 is 0 Å². The second kappa shape index (κ2) is 16.8. The summed E-state index contributed by atoms with van der Waals surface area (Å²) in [6.07, 6.45) is 19.2. The number of aromatic nitrogens is 2. The third-order valence-corrected chi connectivity index (χ3v) is 4.61. The smallest absolute Gasteiger partial charge is 0.121 e. The van der Waals surface area contributed by atoms with E-state index in [1.165, 1.54) is 18.4 Å². The topological polar surface area (TPSA) is 31.9 Å². The molecule has 0 bridgehead atoms. The Labute approximate surface area is 180 Å². The van der Waals surface area contributed by atoms with Gasteiger partial charge in [0.2, 0.25) is 0 Å². The quantitative estimate of drug-likeness (QED) is 0.485. The first-order valence-corrected chi connectivity index (χ1v) is 11.2. The maximum Gasteiger partial charge on any atom is 0.121 e. The van der Waals surface area contributed by atoms with Crippen LogP contribution in [0.2, 0.25) is 0 Å². The van der Waals surface area contributed by atoms with Gasteiger partial charge in [-0.15, -0.1) is 0 Å². The van der Waals surface area contributed by atoms with Gasteiger partial charge >= 0.3 is 0 Å². The highest BCUT2D eigenvalue weighted by Gasteiger charge is 2.21. The van der Waals surface area contributed by atoms with Crippen molar-refractivity contribution in [2.24, 2.45) is 5.92 Å². The first kappa shape index (κ1) is 26.9. The maximum atomic E-state index is 4.67. The average molecular weight is 398 g/mol. The van der Waals surface area contributed by atoms with E-state index < -0.39 is 0 Å². The zero-order chi connectivity index (χ0) is 22.1. The van der Waals surface area contributed by atoms with Crippen LogP contribution in [0, 0.1) is 5.92 Å². The molecule has 1 fully saturated rings. The second-order valence-corrected chi connectivity index (χ2v) is 6.43. The van der Waals surface area contributed by atoms with Crippen molar-refractivity contribution in [1.29, 1.82) is 0 Å². The van der Waals surface area contributed by atoms with Crippen molar-refractivity contribution in [3.63, 3.8) is 0 Å². The molecule has 162 valence electrons. The lowest BCUT2D eigenvalue weighted by molar-refractivity contribution is 0.189. The van der Waals surface area contributed by atoms with Crippen molar-refractivity contribution in [2.75, 3.05) is 13.1 Å². The summed E-state index contributed by atoms with van der Waals surface area (Å²) in [5.41, 5.74) is 3.43. The molecule has 0 unspecified atom stereocenters. The highest BCUT2D eigenvalue weighted by Crippen LogP contribution is 2.26. The van der Waals surface area contributed by atoms with E-state index in [1.54, 1.807) is 0 Å². The van der Waals surface area contributed by atoms with E-state index in [1.807, 2.05) is 46.8 Å². The van der Waals surface area contributed by atoms with Crippen LogP contribution < -0.4 is 0 Å². The zero-order valence-electron chi connectivity index (χ0n) is 19.8. The molecule has 29 heavy (non-hydrogen) atoms. The molecule has 0 saturated carbocycles. The maximum absolute atomic E-state index is 4.67. The predicted octanol–water partition coefficient (Wildman–Crippen LogP) is 7.43. The summed E-state index contributed by atoms with van der Waals surface area (Å²) in [4.78, 5) is 10.6. The number of aromatic amines is 1. The molecule has 1 aliphatic rings. The van der Waals surface area contributed by atoms with Gasteiger partial charge in [0, 0.05) is 0 Å². The molecule has 0 aromatic carbocycles. The van der Waals surface area contributed by atoms with Gasteiger partial charge in [0.05, 0.1) is 17.9 Å². The Morgan fingerprint density at radius 1 is 1.07 bits per heavy atom. The number of likely N-dealkylation sites (tertiary alicyclic amines) is 1. The van der Waals surface area contributed by atoms with E-state index in [4.69, 9.17) is 0 Å². The van der Waals surface area contributed by atoms with Crippen molar-refractivity contribution >= 4 is 12.2 Å². The van der Waals surface area contributed by atoms with Crippen molar-refractivity contribution in [3.05, 3.63) is 65.8 Å². The largest absolute Gasteiger partial charge is 0.341 e. The van der Waals surface area contributed by atoms with E-state index in [9.17, 15) is 0 Å². The summed E-state index contributed by atoms with van der Waals surface area (Å²) in [5.74, 6) is 1.68. The van der Waals surface area contributed by atoms with Gasteiger partial charge in [0.15, 0.2) is 0 Å². The number of nitrogens with one attached hydrogen (secondary N) is 1. The lowest BCUT2D eigenvalue weighted by atomic mass is 9.88. The molecule has 0 atom stereocenters. The van der Waals surface area contributed by atoms with E-state index in [2.05, 4.69) is 71.8 Å². The molecule has 2 heterocycles. The normalized spacial score (nSPS) is 16.0. The molecule has 1 saturated heterocycles. The molecule has 1 aromatic heterocycles. The van der Waals surface area contributed by atoms with Crippen LogP contribution in [0.15, 0.2) is 48.6 Å². The predicted molar refractivity (Wildman–Crippen MR) is 132 cm³/mol. The SMILES string of the molecule is C=Cc1nc(CN2CCC(C(/C=C\C)=C/C=C\C)CC2)[nH]c1/C=C\C.CC.CC. The molecular weight excluding hydrogens is 354 g/mol. The van der Waals surface area contributed by atoms with Crippen molar-refractivity contribution in [2.45, 2.75) is 67.9 Å². The molecular formula is C26H43N3. The number of hydrogen-bond acceptors (Lipinski definition) is 2. The Balaban J connectivity index is 0.00000184. The summed E-state index contributed by atoms with van der Waals surface area (Å²) in [7, 11) is 0. The van der Waals surface area contributed by atoms with Crippen LogP contribution in [0.1, 0.15) is 78.5 Å². The first-order chi connectivity index (χ1) is 14.2. The van der Waals surface area contributed by atoms with E-state index in [-0.39, 0.29) is 0 Å². The van der Waals surface area contributed by atoms with Crippen LogP contribution in [-0.2, 0) is 6.54 Å². The number of rotatable bonds is 7. The Morgan fingerprint density at radius 3 is 2.24 bits per heavy atom. The molecule has 1 aliphatic heterocycles. The third-order valence-electron chi connectivity index (χ3n) is 4.61. The third kappa shape index (κ3) is 9.27. The zero-order valence-corrected chi connectivity index (χ0v) is 19.8. The fraction of sp³-hybridized carbons (Fsp3) is 0.500. The van der Waals surface area contributed by atoms with Gasteiger partial charge in [-0.3, -0.25) is 4.90 Å². The summed E-state index contributed by atoms with van der Waals surface area (Å²) >= 11 is 0. The van der Waals surface area contributed by atoms with Crippen LogP contribution in [-0.4, -0.2) is 28.0 Å². The van der Waals surface area contributed by atoms with Crippen LogP contribution in [0.5, 0.6) is 0 Å². The van der Waals surface area contributed by atoms with Gasteiger partial charge in [-0.1, -0.05) is 70.7 Å². The second-order valence-electron chi connectivity index (χ2n) is 6.43. The van der Waals surface area contributed by atoms with Gasteiger partial charge in [0.25, 0.3) is 0 Å². The lowest BCUT2D eigenvalue weighted by Crippen LogP contribution is -2.34. The number of imidazole rings is 1. The Bertz CT molecular complexity index is 666. The highest BCUT2D eigenvalue weighted by molar-refractivity contribution is 5.58. The number of nitrogens with zero attached hydrogens (tertiary/aromatic N) is 2.